The molecule has 0 radical (unpaired) electrons. The SMILES string of the molecule is CC1CC(C)CN(S(=O)(=O)c2cccc(C(=O)NCC(C)N3CCOCC3)c2)C1. The standard InChI is InChI=1S/C21H33N3O4S/c1-16-11-17(2)15-24(14-16)29(26,27)20-6-4-5-19(12-20)21(25)22-13-18(3)23-7-9-28-10-8-23/h4-6,12,16-18H,7-11,13-15H2,1-3H3,(H,22,25). The number of hydrogen-bond acceptors (Lipinski definition) is 5. The van der Waals surface area contributed by atoms with Crippen LogP contribution in [0.3, 0.4) is 0 Å². The van der Waals surface area contributed by atoms with E-state index >= 15 is 0 Å². The van der Waals surface area contributed by atoms with Crippen molar-refractivity contribution in [2.75, 3.05) is 45.9 Å². The van der Waals surface area contributed by atoms with E-state index in [9.17, 15) is 13.2 Å². The highest BCUT2D eigenvalue weighted by molar-refractivity contribution is 7.89. The number of rotatable bonds is 6. The Hall–Kier alpha value is -1.48. The van der Waals surface area contributed by atoms with Crippen molar-refractivity contribution in [2.45, 2.75) is 38.1 Å². The van der Waals surface area contributed by atoms with E-state index in [0.29, 0.717) is 50.2 Å². The predicted octanol–water partition coefficient (Wildman–Crippen LogP) is 1.80. The smallest absolute Gasteiger partial charge is 0.251 e. The first-order valence-corrected chi connectivity index (χ1v) is 11.9. The molecule has 3 atom stereocenters. The number of hydrogen-bond donors (Lipinski definition) is 1. The van der Waals surface area contributed by atoms with Gasteiger partial charge in [-0.2, -0.15) is 4.31 Å². The lowest BCUT2D eigenvalue weighted by atomic mass is 9.94. The summed E-state index contributed by atoms with van der Waals surface area (Å²) < 4.78 is 33.1. The van der Waals surface area contributed by atoms with Crippen LogP contribution in [0, 0.1) is 11.8 Å². The van der Waals surface area contributed by atoms with Crippen molar-refractivity contribution in [2.24, 2.45) is 11.8 Å². The second kappa shape index (κ2) is 9.55. The summed E-state index contributed by atoms with van der Waals surface area (Å²) >= 11 is 0. The molecular formula is C21H33N3O4S. The van der Waals surface area contributed by atoms with Crippen LogP contribution in [0.5, 0.6) is 0 Å². The van der Waals surface area contributed by atoms with Crippen molar-refractivity contribution in [3.8, 4) is 0 Å². The van der Waals surface area contributed by atoms with Gasteiger partial charge in [-0.3, -0.25) is 9.69 Å². The van der Waals surface area contributed by atoms with Crippen molar-refractivity contribution >= 4 is 15.9 Å². The molecule has 2 fully saturated rings. The minimum Gasteiger partial charge on any atom is -0.379 e. The molecule has 0 aromatic heterocycles. The minimum absolute atomic E-state index is 0.188. The van der Waals surface area contributed by atoms with E-state index in [-0.39, 0.29) is 16.8 Å². The van der Waals surface area contributed by atoms with Gasteiger partial charge in [0.25, 0.3) is 5.91 Å². The number of piperidine rings is 1. The van der Waals surface area contributed by atoms with E-state index in [1.54, 1.807) is 22.5 Å². The fourth-order valence-corrected chi connectivity index (χ4v) is 5.96. The maximum absolute atomic E-state index is 13.1. The van der Waals surface area contributed by atoms with Crippen LogP contribution in [0.15, 0.2) is 29.2 Å². The van der Waals surface area contributed by atoms with Crippen LogP contribution in [0.2, 0.25) is 0 Å². The second-order valence-electron chi connectivity index (χ2n) is 8.50. The summed E-state index contributed by atoms with van der Waals surface area (Å²) in [4.78, 5) is 15.1. The molecule has 3 unspecified atom stereocenters. The number of nitrogens with zero attached hydrogens (tertiary/aromatic N) is 2. The van der Waals surface area contributed by atoms with Crippen molar-refractivity contribution in [1.29, 1.82) is 0 Å². The van der Waals surface area contributed by atoms with Crippen molar-refractivity contribution < 1.29 is 17.9 Å². The maximum Gasteiger partial charge on any atom is 0.251 e. The molecule has 2 aliphatic heterocycles. The van der Waals surface area contributed by atoms with Crippen LogP contribution in [0.4, 0.5) is 0 Å². The number of amides is 1. The third kappa shape index (κ3) is 5.57. The van der Waals surface area contributed by atoms with Crippen LogP contribution < -0.4 is 5.32 Å². The normalized spacial score (nSPS) is 25.5. The summed E-state index contributed by atoms with van der Waals surface area (Å²) in [7, 11) is -3.60. The molecule has 2 saturated heterocycles. The molecule has 29 heavy (non-hydrogen) atoms. The molecule has 2 heterocycles. The van der Waals surface area contributed by atoms with Gasteiger partial charge in [0.2, 0.25) is 10.0 Å². The fourth-order valence-electron chi connectivity index (χ4n) is 4.24. The second-order valence-corrected chi connectivity index (χ2v) is 10.4. The summed E-state index contributed by atoms with van der Waals surface area (Å²) in [5.74, 6) is 0.422. The first-order valence-electron chi connectivity index (χ1n) is 10.5. The Kier molecular flexibility index (Phi) is 7.32. The van der Waals surface area contributed by atoms with Gasteiger partial charge in [-0.1, -0.05) is 19.9 Å². The fraction of sp³-hybridized carbons (Fsp3) is 0.667. The van der Waals surface area contributed by atoms with Crippen molar-refractivity contribution in [3.05, 3.63) is 29.8 Å². The number of carbonyl (C=O) groups excluding carboxylic acids is 1. The van der Waals surface area contributed by atoms with Gasteiger partial charge in [-0.25, -0.2) is 8.42 Å². The van der Waals surface area contributed by atoms with Crippen LogP contribution in [0.1, 0.15) is 37.6 Å². The summed E-state index contributed by atoms with van der Waals surface area (Å²) in [6.45, 7) is 10.9. The molecule has 0 spiro atoms. The molecule has 162 valence electrons. The zero-order valence-corrected chi connectivity index (χ0v) is 18.5. The highest BCUT2D eigenvalue weighted by Gasteiger charge is 2.32. The third-order valence-corrected chi connectivity index (χ3v) is 7.62. The summed E-state index contributed by atoms with van der Waals surface area (Å²) in [6.07, 6.45) is 1.04. The maximum atomic E-state index is 13.1. The van der Waals surface area contributed by atoms with Crippen LogP contribution in [-0.4, -0.2) is 75.5 Å². The molecule has 8 heteroatoms. The number of nitrogens with one attached hydrogen (secondary N) is 1. The van der Waals surface area contributed by atoms with E-state index in [2.05, 4.69) is 31.0 Å². The Morgan fingerprint density at radius 2 is 1.86 bits per heavy atom. The van der Waals surface area contributed by atoms with Gasteiger partial charge in [-0.05, 0) is 43.4 Å². The molecule has 1 N–H and O–H groups in total. The number of benzene rings is 1. The summed E-state index contributed by atoms with van der Waals surface area (Å²) in [6, 6.07) is 6.57. The lowest BCUT2D eigenvalue weighted by Gasteiger charge is -2.34. The largest absolute Gasteiger partial charge is 0.379 e. The summed E-state index contributed by atoms with van der Waals surface area (Å²) in [5.41, 5.74) is 0.373. The summed E-state index contributed by atoms with van der Waals surface area (Å²) in [5, 5.41) is 2.94. The van der Waals surface area contributed by atoms with E-state index in [4.69, 9.17) is 4.74 Å². The molecule has 0 bridgehead atoms. The Labute approximate surface area is 174 Å². The van der Waals surface area contributed by atoms with E-state index < -0.39 is 10.0 Å². The average Bonchev–Trinajstić information content (AvgIpc) is 2.71. The predicted molar refractivity (Wildman–Crippen MR) is 112 cm³/mol. The molecule has 7 nitrogen and oxygen atoms in total. The lowest BCUT2D eigenvalue weighted by Crippen LogP contribution is -2.47. The first-order chi connectivity index (χ1) is 13.8. The first kappa shape index (κ1) is 22.2. The zero-order chi connectivity index (χ0) is 21.0. The molecule has 3 rings (SSSR count). The Morgan fingerprint density at radius 1 is 1.21 bits per heavy atom. The molecular weight excluding hydrogens is 390 g/mol. The molecule has 1 aromatic rings. The molecule has 1 aromatic carbocycles. The monoisotopic (exact) mass is 423 g/mol. The molecule has 0 aliphatic carbocycles. The van der Waals surface area contributed by atoms with Gasteiger partial charge in [0.1, 0.15) is 0 Å². The van der Waals surface area contributed by atoms with Crippen LogP contribution in [-0.2, 0) is 14.8 Å². The van der Waals surface area contributed by atoms with Gasteiger partial charge in [0, 0.05) is 44.3 Å². The van der Waals surface area contributed by atoms with Gasteiger partial charge < -0.3 is 10.1 Å². The topological polar surface area (TPSA) is 79.0 Å². The number of carbonyl (C=O) groups is 1. The van der Waals surface area contributed by atoms with Crippen LogP contribution in [0.25, 0.3) is 0 Å². The molecule has 2 aliphatic rings. The Morgan fingerprint density at radius 3 is 2.52 bits per heavy atom. The van der Waals surface area contributed by atoms with Crippen molar-refractivity contribution in [3.63, 3.8) is 0 Å². The Balaban J connectivity index is 1.65. The van der Waals surface area contributed by atoms with E-state index in [0.717, 1.165) is 19.5 Å². The quantitative estimate of drug-likeness (QED) is 0.755. The van der Waals surface area contributed by atoms with E-state index in [1.807, 2.05) is 0 Å². The van der Waals surface area contributed by atoms with Crippen LogP contribution >= 0.6 is 0 Å². The number of sulfonamides is 1. The highest BCUT2D eigenvalue weighted by atomic mass is 32.2. The van der Waals surface area contributed by atoms with Gasteiger partial charge in [-0.15, -0.1) is 0 Å². The van der Waals surface area contributed by atoms with Gasteiger partial charge in [0.15, 0.2) is 0 Å². The third-order valence-electron chi connectivity index (χ3n) is 5.80. The Bertz CT molecular complexity index is 798. The van der Waals surface area contributed by atoms with E-state index in [1.165, 1.54) is 6.07 Å². The molecule has 1 amide bonds. The number of ether oxygens (including phenoxy) is 1. The van der Waals surface area contributed by atoms with Gasteiger partial charge in [0.05, 0.1) is 18.1 Å². The highest BCUT2D eigenvalue weighted by Crippen LogP contribution is 2.27. The van der Waals surface area contributed by atoms with Crippen molar-refractivity contribution in [1.82, 2.24) is 14.5 Å². The zero-order valence-electron chi connectivity index (χ0n) is 17.6. The lowest BCUT2D eigenvalue weighted by molar-refractivity contribution is 0.0204. The molecule has 0 saturated carbocycles. The minimum atomic E-state index is -3.60. The number of morpholine rings is 1. The van der Waals surface area contributed by atoms with Gasteiger partial charge >= 0.3 is 0 Å². The average molecular weight is 424 g/mol.